The Hall–Kier alpha value is -2.26. The molecular formula is C17H23BN2O6. The molecule has 26 heavy (non-hydrogen) atoms. The third-order valence-corrected chi connectivity index (χ3v) is 4.70. The SMILES string of the molecule is CC(C)(C)OC(=O)N1CCC2(CC1)C(=O)Nc1ccc(OB(O)O)cc12. The highest BCUT2D eigenvalue weighted by molar-refractivity contribution is 6.33. The van der Waals surface area contributed by atoms with Gasteiger partial charge in [-0.3, -0.25) is 4.79 Å². The number of likely N-dealkylation sites (tertiary alicyclic amines) is 1. The van der Waals surface area contributed by atoms with Gasteiger partial charge >= 0.3 is 13.4 Å². The number of fused-ring (bicyclic) bond motifs is 2. The molecule has 0 radical (unpaired) electrons. The van der Waals surface area contributed by atoms with E-state index in [1.54, 1.807) is 23.1 Å². The molecule has 2 aliphatic rings. The number of nitrogens with one attached hydrogen (secondary N) is 1. The highest BCUT2D eigenvalue weighted by Gasteiger charge is 2.49. The number of hydrogen-bond acceptors (Lipinski definition) is 6. The molecule has 0 unspecified atom stereocenters. The first-order valence-corrected chi connectivity index (χ1v) is 8.57. The second-order valence-corrected chi connectivity index (χ2v) is 7.66. The third-order valence-electron chi connectivity index (χ3n) is 4.70. The fourth-order valence-electron chi connectivity index (χ4n) is 3.48. The van der Waals surface area contributed by atoms with E-state index in [-0.39, 0.29) is 17.7 Å². The number of carbonyl (C=O) groups excluding carboxylic acids is 2. The Morgan fingerprint density at radius 2 is 1.92 bits per heavy atom. The van der Waals surface area contributed by atoms with Gasteiger partial charge in [-0.1, -0.05) is 0 Å². The monoisotopic (exact) mass is 362 g/mol. The van der Waals surface area contributed by atoms with E-state index in [2.05, 4.69) is 5.32 Å². The fraction of sp³-hybridized carbons (Fsp3) is 0.529. The summed E-state index contributed by atoms with van der Waals surface area (Å²) in [5.41, 5.74) is 0.110. The number of rotatable bonds is 2. The fourth-order valence-corrected chi connectivity index (χ4v) is 3.48. The molecule has 2 amide bonds. The molecule has 2 aliphatic heterocycles. The maximum absolute atomic E-state index is 12.7. The highest BCUT2D eigenvalue weighted by atomic mass is 16.6. The number of ether oxygens (including phenoxy) is 1. The van der Waals surface area contributed by atoms with Crippen LogP contribution in [0.5, 0.6) is 5.75 Å². The number of anilines is 1. The number of nitrogens with zero attached hydrogens (tertiary/aromatic N) is 1. The lowest BCUT2D eigenvalue weighted by Crippen LogP contribution is -2.49. The predicted octanol–water partition coefficient (Wildman–Crippen LogP) is 1.26. The summed E-state index contributed by atoms with van der Waals surface area (Å²) in [6.45, 7) is 6.24. The molecule has 1 aromatic carbocycles. The van der Waals surface area contributed by atoms with Gasteiger partial charge in [0, 0.05) is 18.8 Å². The summed E-state index contributed by atoms with van der Waals surface area (Å²) in [6.07, 6.45) is 0.526. The highest BCUT2D eigenvalue weighted by Crippen LogP contribution is 2.46. The van der Waals surface area contributed by atoms with Crippen molar-refractivity contribution >= 4 is 25.0 Å². The second kappa shape index (κ2) is 6.48. The van der Waals surface area contributed by atoms with Gasteiger partial charge in [0.15, 0.2) is 0 Å². The molecule has 0 bridgehead atoms. The Labute approximate surface area is 152 Å². The second-order valence-electron chi connectivity index (χ2n) is 7.66. The number of hydrogen-bond donors (Lipinski definition) is 3. The quantitative estimate of drug-likeness (QED) is 0.684. The molecule has 140 valence electrons. The largest absolute Gasteiger partial charge is 0.707 e. The molecular weight excluding hydrogens is 339 g/mol. The molecule has 1 saturated heterocycles. The predicted molar refractivity (Wildman–Crippen MR) is 94.6 cm³/mol. The molecule has 0 atom stereocenters. The van der Waals surface area contributed by atoms with Crippen molar-refractivity contribution in [1.82, 2.24) is 4.90 Å². The Morgan fingerprint density at radius 3 is 2.50 bits per heavy atom. The molecule has 3 N–H and O–H groups in total. The molecule has 8 nitrogen and oxygen atoms in total. The van der Waals surface area contributed by atoms with E-state index in [1.165, 1.54) is 0 Å². The van der Waals surface area contributed by atoms with Crippen molar-refractivity contribution in [2.75, 3.05) is 18.4 Å². The minimum Gasteiger partial charge on any atom is -0.512 e. The van der Waals surface area contributed by atoms with E-state index in [4.69, 9.17) is 19.4 Å². The van der Waals surface area contributed by atoms with E-state index in [0.29, 0.717) is 31.6 Å². The van der Waals surface area contributed by atoms with Crippen molar-refractivity contribution in [3.05, 3.63) is 23.8 Å². The van der Waals surface area contributed by atoms with Crippen LogP contribution >= 0.6 is 0 Å². The van der Waals surface area contributed by atoms with Gasteiger partial charge in [-0.15, -0.1) is 0 Å². The van der Waals surface area contributed by atoms with Crippen molar-refractivity contribution < 1.29 is 29.0 Å². The summed E-state index contributed by atoms with van der Waals surface area (Å²) >= 11 is 0. The van der Waals surface area contributed by atoms with Crippen LogP contribution in [0.25, 0.3) is 0 Å². The number of benzene rings is 1. The van der Waals surface area contributed by atoms with Crippen molar-refractivity contribution in [3.63, 3.8) is 0 Å². The number of amides is 2. The molecule has 0 saturated carbocycles. The summed E-state index contributed by atoms with van der Waals surface area (Å²) in [4.78, 5) is 26.5. The van der Waals surface area contributed by atoms with Crippen LogP contribution in [-0.2, 0) is 14.9 Å². The smallest absolute Gasteiger partial charge is 0.512 e. The molecule has 0 aliphatic carbocycles. The minimum absolute atomic E-state index is 0.113. The average Bonchev–Trinajstić information content (AvgIpc) is 2.78. The first kappa shape index (κ1) is 18.5. The van der Waals surface area contributed by atoms with Crippen LogP contribution in [0.15, 0.2) is 18.2 Å². The Balaban J connectivity index is 1.78. The van der Waals surface area contributed by atoms with E-state index in [1.807, 2.05) is 20.8 Å². The molecule has 1 aromatic rings. The number of carbonyl (C=O) groups is 2. The van der Waals surface area contributed by atoms with E-state index in [9.17, 15) is 9.59 Å². The maximum Gasteiger partial charge on any atom is 0.707 e. The van der Waals surface area contributed by atoms with Crippen LogP contribution < -0.4 is 9.97 Å². The van der Waals surface area contributed by atoms with Crippen LogP contribution in [0, 0.1) is 0 Å². The normalized spacial score (nSPS) is 18.3. The summed E-state index contributed by atoms with van der Waals surface area (Å²) in [6, 6.07) is 4.89. The van der Waals surface area contributed by atoms with Gasteiger partial charge in [0.25, 0.3) is 0 Å². The van der Waals surface area contributed by atoms with Crippen LogP contribution in [0.3, 0.4) is 0 Å². The molecule has 1 spiro atoms. The van der Waals surface area contributed by atoms with E-state index >= 15 is 0 Å². The van der Waals surface area contributed by atoms with Gasteiger partial charge in [-0.25, -0.2) is 4.79 Å². The summed E-state index contributed by atoms with van der Waals surface area (Å²) in [5.74, 6) is 0.155. The van der Waals surface area contributed by atoms with Gasteiger partial charge in [-0.2, -0.15) is 0 Å². The molecule has 1 fully saturated rings. The van der Waals surface area contributed by atoms with Crippen LogP contribution in [-0.4, -0.2) is 53.0 Å². The Bertz CT molecular complexity index is 722. The van der Waals surface area contributed by atoms with Crippen LogP contribution in [0.2, 0.25) is 0 Å². The zero-order valence-electron chi connectivity index (χ0n) is 15.1. The lowest BCUT2D eigenvalue weighted by atomic mass is 9.73. The van der Waals surface area contributed by atoms with Gasteiger partial charge in [-0.05, 0) is 57.4 Å². The first-order valence-electron chi connectivity index (χ1n) is 8.57. The molecule has 2 heterocycles. The summed E-state index contributed by atoms with van der Waals surface area (Å²) in [5, 5.41) is 20.8. The van der Waals surface area contributed by atoms with Crippen molar-refractivity contribution in [2.45, 2.75) is 44.6 Å². The van der Waals surface area contributed by atoms with Crippen molar-refractivity contribution in [2.24, 2.45) is 0 Å². The summed E-state index contributed by atoms with van der Waals surface area (Å²) < 4.78 is 10.3. The lowest BCUT2D eigenvalue weighted by Gasteiger charge is -2.38. The van der Waals surface area contributed by atoms with Crippen LogP contribution in [0.4, 0.5) is 10.5 Å². The molecule has 9 heteroatoms. The minimum atomic E-state index is -1.93. The standard InChI is InChI=1S/C17H23BN2O6/c1-16(2,3)25-15(22)20-8-6-17(7-9-20)12-10-11(26-18(23)24)4-5-13(12)19-14(17)21/h4-5,10,23-24H,6-9H2,1-3H3,(H,19,21). The van der Waals surface area contributed by atoms with E-state index < -0.39 is 18.3 Å². The number of piperidine rings is 1. The maximum atomic E-state index is 12.7. The van der Waals surface area contributed by atoms with Crippen LogP contribution in [0.1, 0.15) is 39.2 Å². The van der Waals surface area contributed by atoms with Gasteiger partial charge in [0.1, 0.15) is 11.4 Å². The topological polar surface area (TPSA) is 108 Å². The Morgan fingerprint density at radius 1 is 1.27 bits per heavy atom. The summed E-state index contributed by atoms with van der Waals surface area (Å²) in [7, 11) is -1.93. The van der Waals surface area contributed by atoms with Gasteiger partial charge in [0.2, 0.25) is 5.91 Å². The lowest BCUT2D eigenvalue weighted by molar-refractivity contribution is -0.122. The van der Waals surface area contributed by atoms with Gasteiger partial charge in [0.05, 0.1) is 5.41 Å². The van der Waals surface area contributed by atoms with Crippen molar-refractivity contribution in [3.8, 4) is 5.75 Å². The third kappa shape index (κ3) is 3.49. The Kier molecular flexibility index (Phi) is 4.62. The first-order chi connectivity index (χ1) is 12.1. The molecule has 0 aromatic heterocycles. The average molecular weight is 362 g/mol. The zero-order valence-corrected chi connectivity index (χ0v) is 15.1. The van der Waals surface area contributed by atoms with Gasteiger partial charge < -0.3 is 29.7 Å². The van der Waals surface area contributed by atoms with E-state index in [0.717, 1.165) is 5.56 Å². The zero-order chi connectivity index (χ0) is 19.1. The molecule has 3 rings (SSSR count). The van der Waals surface area contributed by atoms with Crippen molar-refractivity contribution in [1.29, 1.82) is 0 Å².